The fourth-order valence-corrected chi connectivity index (χ4v) is 5.21. The van der Waals surface area contributed by atoms with Gasteiger partial charge in [-0.05, 0) is 43.4 Å². The number of anilines is 1. The number of benzene rings is 1. The second-order valence-corrected chi connectivity index (χ2v) is 8.73. The van der Waals surface area contributed by atoms with Gasteiger partial charge in [0.1, 0.15) is 12.9 Å². The molecule has 1 aliphatic heterocycles. The number of rotatable bonds is 4. The summed E-state index contributed by atoms with van der Waals surface area (Å²) in [5.41, 5.74) is 3.33. The van der Waals surface area contributed by atoms with E-state index in [1.807, 2.05) is 0 Å². The van der Waals surface area contributed by atoms with Crippen LogP contribution in [0.4, 0.5) is 5.69 Å². The van der Waals surface area contributed by atoms with Crippen molar-refractivity contribution in [3.8, 4) is 0 Å². The van der Waals surface area contributed by atoms with Gasteiger partial charge in [-0.1, -0.05) is 17.3 Å². The first-order chi connectivity index (χ1) is 15.1. The molecule has 4 aromatic rings. The lowest BCUT2D eigenvalue weighted by Crippen LogP contribution is -2.35. The Hall–Kier alpha value is -3.49. The zero-order valence-corrected chi connectivity index (χ0v) is 17.5. The molecule has 2 fully saturated rings. The quantitative estimate of drug-likeness (QED) is 0.503. The molecule has 1 aliphatic carbocycles. The standard InChI is InChI=1S/C22H23N7O2/c1-13-4-3-5-15(6-13)29-9-14-7-16(29)8-17(14)20-25-18(31-26-20)10-28-12-24-21-19(22(28)30)27(2)11-23-21/h3-6,11-12,14,16-17H,7-10H2,1-2H3/t14-,16?,17+/m0/s1. The van der Waals surface area contributed by atoms with Gasteiger partial charge >= 0.3 is 0 Å². The maximum atomic E-state index is 12.7. The number of hydrogen-bond donors (Lipinski definition) is 0. The van der Waals surface area contributed by atoms with Crippen LogP contribution in [0.15, 0.2) is 46.2 Å². The summed E-state index contributed by atoms with van der Waals surface area (Å²) in [6.45, 7) is 3.35. The number of imidazole rings is 1. The van der Waals surface area contributed by atoms with Crippen molar-refractivity contribution in [1.29, 1.82) is 0 Å². The molecule has 3 atom stereocenters. The molecule has 3 aromatic heterocycles. The molecule has 158 valence electrons. The smallest absolute Gasteiger partial charge is 0.280 e. The first-order valence-corrected chi connectivity index (χ1v) is 10.6. The molecule has 9 heteroatoms. The van der Waals surface area contributed by atoms with Gasteiger partial charge < -0.3 is 14.0 Å². The van der Waals surface area contributed by atoms with E-state index in [9.17, 15) is 4.79 Å². The van der Waals surface area contributed by atoms with Gasteiger partial charge in [0.25, 0.3) is 5.56 Å². The molecule has 1 saturated heterocycles. The van der Waals surface area contributed by atoms with E-state index in [4.69, 9.17) is 4.52 Å². The minimum atomic E-state index is -0.168. The monoisotopic (exact) mass is 417 g/mol. The van der Waals surface area contributed by atoms with Crippen molar-refractivity contribution in [2.45, 2.75) is 38.3 Å². The maximum Gasteiger partial charge on any atom is 0.280 e. The molecule has 1 unspecified atom stereocenters. The van der Waals surface area contributed by atoms with E-state index < -0.39 is 0 Å². The van der Waals surface area contributed by atoms with E-state index in [1.54, 1.807) is 17.9 Å². The first-order valence-electron chi connectivity index (χ1n) is 10.6. The normalized spacial score (nSPS) is 22.6. The molecule has 0 spiro atoms. The van der Waals surface area contributed by atoms with Crippen molar-refractivity contribution >= 4 is 16.9 Å². The van der Waals surface area contributed by atoms with E-state index in [2.05, 4.69) is 56.2 Å². The summed E-state index contributed by atoms with van der Waals surface area (Å²) in [6, 6.07) is 9.22. The summed E-state index contributed by atoms with van der Waals surface area (Å²) in [5.74, 6) is 2.01. The fourth-order valence-electron chi connectivity index (χ4n) is 5.21. The van der Waals surface area contributed by atoms with Crippen LogP contribution in [-0.2, 0) is 13.6 Å². The van der Waals surface area contributed by atoms with Crippen LogP contribution in [0.2, 0.25) is 0 Å². The average molecular weight is 417 g/mol. The Morgan fingerprint density at radius 1 is 1.19 bits per heavy atom. The topological polar surface area (TPSA) is 94.9 Å². The predicted octanol–water partition coefficient (Wildman–Crippen LogP) is 2.25. The SMILES string of the molecule is Cc1cccc(N2C[C@@H]3CC2C[C@H]3c2noc(Cn3cnc4ncn(C)c4c3=O)n2)c1. The van der Waals surface area contributed by atoms with Crippen molar-refractivity contribution < 1.29 is 4.52 Å². The van der Waals surface area contributed by atoms with Gasteiger partial charge in [-0.3, -0.25) is 9.36 Å². The van der Waals surface area contributed by atoms with Gasteiger partial charge in [0, 0.05) is 31.2 Å². The molecule has 31 heavy (non-hydrogen) atoms. The molecular formula is C22H23N7O2. The van der Waals surface area contributed by atoms with Crippen LogP contribution in [0.1, 0.15) is 36.0 Å². The fraction of sp³-hybridized carbons (Fsp3) is 0.409. The van der Waals surface area contributed by atoms with E-state index >= 15 is 0 Å². The molecule has 0 radical (unpaired) electrons. The summed E-state index contributed by atoms with van der Waals surface area (Å²) in [7, 11) is 1.78. The van der Waals surface area contributed by atoms with Crippen molar-refractivity contribution in [2.75, 3.05) is 11.4 Å². The number of hydrogen-bond acceptors (Lipinski definition) is 7. The summed E-state index contributed by atoms with van der Waals surface area (Å²) >= 11 is 0. The average Bonchev–Trinajstić information content (AvgIpc) is 3.54. The molecule has 1 saturated carbocycles. The largest absolute Gasteiger partial charge is 0.368 e. The van der Waals surface area contributed by atoms with Gasteiger partial charge in [0.05, 0.1) is 6.33 Å². The number of aryl methyl sites for hydroxylation is 2. The van der Waals surface area contributed by atoms with Gasteiger partial charge in [-0.15, -0.1) is 0 Å². The highest BCUT2D eigenvalue weighted by atomic mass is 16.5. The third-order valence-corrected chi connectivity index (χ3v) is 6.70. The Morgan fingerprint density at radius 2 is 2.06 bits per heavy atom. The van der Waals surface area contributed by atoms with Crippen molar-refractivity contribution in [3.63, 3.8) is 0 Å². The highest BCUT2D eigenvalue weighted by Crippen LogP contribution is 2.48. The lowest BCUT2D eigenvalue weighted by molar-refractivity contribution is 0.353. The lowest BCUT2D eigenvalue weighted by Gasteiger charge is -2.32. The zero-order chi connectivity index (χ0) is 21.1. The Labute approximate surface area is 178 Å². The van der Waals surface area contributed by atoms with E-state index in [1.165, 1.54) is 22.1 Å². The second-order valence-electron chi connectivity index (χ2n) is 8.73. The van der Waals surface area contributed by atoms with Gasteiger partial charge in [-0.2, -0.15) is 4.98 Å². The molecular weight excluding hydrogens is 394 g/mol. The molecule has 6 rings (SSSR count). The molecule has 4 heterocycles. The molecule has 1 aromatic carbocycles. The van der Waals surface area contributed by atoms with E-state index in [0.717, 1.165) is 25.2 Å². The zero-order valence-electron chi connectivity index (χ0n) is 17.5. The van der Waals surface area contributed by atoms with E-state index in [-0.39, 0.29) is 12.1 Å². The van der Waals surface area contributed by atoms with Crippen LogP contribution >= 0.6 is 0 Å². The highest BCUT2D eigenvalue weighted by molar-refractivity contribution is 5.68. The molecule has 0 amide bonds. The van der Waals surface area contributed by atoms with Crippen LogP contribution in [0.3, 0.4) is 0 Å². The maximum absolute atomic E-state index is 12.7. The molecule has 2 bridgehead atoms. The Kier molecular flexibility index (Phi) is 3.99. The van der Waals surface area contributed by atoms with Crippen LogP contribution < -0.4 is 10.5 Å². The summed E-state index contributed by atoms with van der Waals surface area (Å²) in [6.07, 6.45) is 5.26. The van der Waals surface area contributed by atoms with Crippen LogP contribution in [-0.4, -0.2) is 41.8 Å². The molecule has 9 nitrogen and oxygen atoms in total. The number of piperidine rings is 1. The van der Waals surface area contributed by atoms with Crippen LogP contribution in [0.25, 0.3) is 11.2 Å². The van der Waals surface area contributed by atoms with Gasteiger partial charge in [0.15, 0.2) is 17.0 Å². The van der Waals surface area contributed by atoms with Gasteiger partial charge in [0.2, 0.25) is 5.89 Å². The summed E-state index contributed by atoms with van der Waals surface area (Å²) < 4.78 is 8.67. The Balaban J connectivity index is 1.20. The minimum absolute atomic E-state index is 0.168. The Bertz CT molecular complexity index is 1340. The summed E-state index contributed by atoms with van der Waals surface area (Å²) in [5, 5.41) is 4.27. The number of fused-ring (bicyclic) bond motifs is 3. The lowest BCUT2D eigenvalue weighted by atomic mass is 9.93. The van der Waals surface area contributed by atoms with E-state index in [0.29, 0.717) is 34.9 Å². The Morgan fingerprint density at radius 3 is 2.87 bits per heavy atom. The van der Waals surface area contributed by atoms with Gasteiger partial charge in [-0.25, -0.2) is 9.97 Å². The molecule has 2 aliphatic rings. The first kappa shape index (κ1) is 18.3. The second kappa shape index (κ2) is 6.76. The molecule has 0 N–H and O–H groups in total. The van der Waals surface area contributed by atoms with Crippen LogP contribution in [0.5, 0.6) is 0 Å². The van der Waals surface area contributed by atoms with Crippen LogP contribution in [0, 0.1) is 12.8 Å². The third-order valence-electron chi connectivity index (χ3n) is 6.70. The summed E-state index contributed by atoms with van der Waals surface area (Å²) in [4.78, 5) is 28.3. The number of aromatic nitrogens is 6. The van der Waals surface area contributed by atoms with Crippen molar-refractivity contribution in [3.05, 3.63) is 64.6 Å². The van der Waals surface area contributed by atoms with Crippen molar-refractivity contribution in [2.24, 2.45) is 13.0 Å². The predicted molar refractivity (Wildman–Crippen MR) is 114 cm³/mol. The number of nitrogens with zero attached hydrogens (tertiary/aromatic N) is 7. The minimum Gasteiger partial charge on any atom is -0.368 e. The van der Waals surface area contributed by atoms with Crippen molar-refractivity contribution in [1.82, 2.24) is 29.2 Å². The highest BCUT2D eigenvalue weighted by Gasteiger charge is 2.47. The third kappa shape index (κ3) is 2.95.